The molecule has 1 aromatic rings. The Bertz CT molecular complexity index is 453. The summed E-state index contributed by atoms with van der Waals surface area (Å²) in [5.41, 5.74) is 0.671. The molecule has 0 saturated heterocycles. The molecule has 0 aliphatic heterocycles. The predicted molar refractivity (Wildman–Crippen MR) is 80.9 cm³/mol. The number of rotatable bonds is 8. The van der Waals surface area contributed by atoms with Gasteiger partial charge in [-0.1, -0.05) is 0 Å². The summed E-state index contributed by atoms with van der Waals surface area (Å²) in [5, 5.41) is 13.4. The van der Waals surface area contributed by atoms with Gasteiger partial charge in [-0.3, -0.25) is 4.21 Å². The third-order valence-electron chi connectivity index (χ3n) is 2.94. The number of aliphatic hydroxyl groups excluding tert-OH is 1. The second kappa shape index (κ2) is 8.24. The highest BCUT2D eigenvalue weighted by Gasteiger charge is 2.15. The van der Waals surface area contributed by atoms with Crippen LogP contribution in [-0.4, -0.2) is 48.1 Å². The molecule has 5 nitrogen and oxygen atoms in total. The quantitative estimate of drug-likeness (QED) is 0.752. The Morgan fingerprint density at radius 3 is 2.60 bits per heavy atom. The second-order valence-corrected chi connectivity index (χ2v) is 6.15. The third-order valence-corrected chi connectivity index (χ3v) is 3.91. The van der Waals surface area contributed by atoms with Crippen molar-refractivity contribution in [1.29, 1.82) is 0 Å². The minimum atomic E-state index is -0.855. The van der Waals surface area contributed by atoms with E-state index in [1.165, 1.54) is 0 Å². The molecule has 3 atom stereocenters. The summed E-state index contributed by atoms with van der Waals surface area (Å²) < 4.78 is 21.5. The number of ether oxygens (including phenoxy) is 2. The average molecular weight is 301 g/mol. The highest BCUT2D eigenvalue weighted by atomic mass is 32.2. The van der Waals surface area contributed by atoms with Crippen LogP contribution in [0.2, 0.25) is 0 Å². The van der Waals surface area contributed by atoms with E-state index in [4.69, 9.17) is 9.47 Å². The molecule has 0 aliphatic rings. The minimum Gasteiger partial charge on any atom is -0.497 e. The number of hydrogen-bond acceptors (Lipinski definition) is 5. The van der Waals surface area contributed by atoms with Crippen LogP contribution in [0, 0.1) is 0 Å². The number of nitrogens with one attached hydrogen (secondary N) is 1. The lowest BCUT2D eigenvalue weighted by Crippen LogP contribution is -2.34. The minimum absolute atomic E-state index is 0.0760. The van der Waals surface area contributed by atoms with Gasteiger partial charge in [0.05, 0.1) is 20.3 Å². The standard InChI is InChI=1S/C14H23NO4S/c1-10(9-20(4)17)15-8-13(16)12-7-11(18-2)5-6-14(12)19-3/h5-7,10,13,15-16H,8-9H2,1-4H3. The number of hydrogen-bond donors (Lipinski definition) is 2. The number of methoxy groups -OCH3 is 2. The van der Waals surface area contributed by atoms with E-state index in [0.717, 1.165) is 0 Å². The van der Waals surface area contributed by atoms with Gasteiger partial charge in [0.2, 0.25) is 0 Å². The van der Waals surface area contributed by atoms with E-state index in [2.05, 4.69) is 5.32 Å². The molecular formula is C14H23NO4S. The summed E-state index contributed by atoms with van der Waals surface area (Å²) >= 11 is 0. The van der Waals surface area contributed by atoms with E-state index in [1.54, 1.807) is 38.7 Å². The first kappa shape index (κ1) is 16.9. The molecule has 3 unspecified atom stereocenters. The Kier molecular flexibility index (Phi) is 6.98. The molecule has 0 fully saturated rings. The van der Waals surface area contributed by atoms with Crippen molar-refractivity contribution >= 4 is 10.8 Å². The highest BCUT2D eigenvalue weighted by molar-refractivity contribution is 7.84. The monoisotopic (exact) mass is 301 g/mol. The Balaban J connectivity index is 2.70. The largest absolute Gasteiger partial charge is 0.497 e. The zero-order valence-electron chi connectivity index (χ0n) is 12.4. The van der Waals surface area contributed by atoms with Crippen LogP contribution < -0.4 is 14.8 Å². The fourth-order valence-corrected chi connectivity index (χ4v) is 2.76. The summed E-state index contributed by atoms with van der Waals surface area (Å²) in [6, 6.07) is 5.38. The van der Waals surface area contributed by atoms with Crippen molar-refractivity contribution in [2.45, 2.75) is 19.1 Å². The zero-order valence-corrected chi connectivity index (χ0v) is 13.2. The molecule has 0 saturated carbocycles. The van der Waals surface area contributed by atoms with Gasteiger partial charge in [-0.05, 0) is 25.1 Å². The Morgan fingerprint density at radius 1 is 1.35 bits per heavy atom. The van der Waals surface area contributed by atoms with E-state index in [-0.39, 0.29) is 6.04 Å². The summed E-state index contributed by atoms with van der Waals surface area (Å²) in [4.78, 5) is 0. The molecule has 0 spiro atoms. The molecule has 114 valence electrons. The molecule has 1 rings (SSSR count). The molecule has 2 N–H and O–H groups in total. The summed E-state index contributed by atoms with van der Waals surface area (Å²) in [7, 11) is 2.29. The van der Waals surface area contributed by atoms with Crippen LogP contribution in [0.3, 0.4) is 0 Å². The predicted octanol–water partition coefficient (Wildman–Crippen LogP) is 1.09. The summed E-state index contributed by atoms with van der Waals surface area (Å²) in [6.45, 7) is 2.30. The summed E-state index contributed by atoms with van der Waals surface area (Å²) in [6.07, 6.45) is 0.951. The molecule has 0 radical (unpaired) electrons. The van der Waals surface area contributed by atoms with Gasteiger partial charge in [0, 0.05) is 41.0 Å². The first-order chi connectivity index (χ1) is 9.47. The molecule has 0 bridgehead atoms. The van der Waals surface area contributed by atoms with Crippen molar-refractivity contribution in [3.05, 3.63) is 23.8 Å². The van der Waals surface area contributed by atoms with Crippen molar-refractivity contribution < 1.29 is 18.8 Å². The van der Waals surface area contributed by atoms with E-state index in [0.29, 0.717) is 29.4 Å². The number of aliphatic hydroxyl groups is 1. The van der Waals surface area contributed by atoms with Crippen LogP contribution in [0.4, 0.5) is 0 Å². The Hall–Kier alpha value is -1.11. The van der Waals surface area contributed by atoms with Gasteiger partial charge in [0.25, 0.3) is 0 Å². The Morgan fingerprint density at radius 2 is 2.05 bits per heavy atom. The van der Waals surface area contributed by atoms with Gasteiger partial charge in [-0.15, -0.1) is 0 Å². The van der Waals surface area contributed by atoms with Crippen LogP contribution >= 0.6 is 0 Å². The average Bonchev–Trinajstić information content (AvgIpc) is 2.43. The molecule has 0 aliphatic carbocycles. The van der Waals surface area contributed by atoms with Gasteiger partial charge >= 0.3 is 0 Å². The van der Waals surface area contributed by atoms with Crippen molar-refractivity contribution in [2.24, 2.45) is 0 Å². The lowest BCUT2D eigenvalue weighted by molar-refractivity contribution is 0.167. The lowest BCUT2D eigenvalue weighted by Gasteiger charge is -2.19. The molecule has 1 aromatic carbocycles. The molecule has 0 amide bonds. The zero-order chi connectivity index (χ0) is 15.1. The van der Waals surface area contributed by atoms with E-state index in [1.807, 2.05) is 6.92 Å². The molecular weight excluding hydrogens is 278 g/mol. The van der Waals surface area contributed by atoms with Crippen molar-refractivity contribution in [2.75, 3.05) is 32.8 Å². The highest BCUT2D eigenvalue weighted by Crippen LogP contribution is 2.29. The Labute approximate surface area is 122 Å². The van der Waals surface area contributed by atoms with Gasteiger partial charge in [0.15, 0.2) is 0 Å². The topological polar surface area (TPSA) is 67.8 Å². The van der Waals surface area contributed by atoms with Gasteiger partial charge in [-0.2, -0.15) is 0 Å². The maximum atomic E-state index is 11.1. The van der Waals surface area contributed by atoms with Crippen LogP contribution in [0.5, 0.6) is 11.5 Å². The van der Waals surface area contributed by atoms with Gasteiger partial charge < -0.3 is 19.9 Å². The van der Waals surface area contributed by atoms with Crippen LogP contribution in [0.25, 0.3) is 0 Å². The van der Waals surface area contributed by atoms with Crippen LogP contribution in [0.1, 0.15) is 18.6 Å². The lowest BCUT2D eigenvalue weighted by atomic mass is 10.1. The van der Waals surface area contributed by atoms with Gasteiger partial charge in [-0.25, -0.2) is 0 Å². The van der Waals surface area contributed by atoms with Crippen molar-refractivity contribution in [1.82, 2.24) is 5.32 Å². The van der Waals surface area contributed by atoms with Crippen LogP contribution in [-0.2, 0) is 10.8 Å². The smallest absolute Gasteiger partial charge is 0.124 e. The molecule has 0 aromatic heterocycles. The maximum Gasteiger partial charge on any atom is 0.124 e. The van der Waals surface area contributed by atoms with E-state index < -0.39 is 16.9 Å². The SMILES string of the molecule is COc1ccc(OC)c(C(O)CNC(C)CS(C)=O)c1. The first-order valence-electron chi connectivity index (χ1n) is 6.41. The second-order valence-electron chi connectivity index (χ2n) is 4.67. The molecule has 6 heteroatoms. The van der Waals surface area contributed by atoms with Crippen molar-refractivity contribution in [3.8, 4) is 11.5 Å². The fourth-order valence-electron chi connectivity index (χ4n) is 1.93. The normalized spacial score (nSPS) is 15.4. The van der Waals surface area contributed by atoms with Crippen molar-refractivity contribution in [3.63, 3.8) is 0 Å². The maximum absolute atomic E-state index is 11.1. The van der Waals surface area contributed by atoms with Crippen LogP contribution in [0.15, 0.2) is 18.2 Å². The van der Waals surface area contributed by atoms with Gasteiger partial charge in [0.1, 0.15) is 11.5 Å². The summed E-state index contributed by atoms with van der Waals surface area (Å²) in [5.74, 6) is 1.84. The van der Waals surface area contributed by atoms with E-state index in [9.17, 15) is 9.32 Å². The molecule has 0 heterocycles. The third kappa shape index (κ3) is 5.11. The van der Waals surface area contributed by atoms with E-state index >= 15 is 0 Å². The fraction of sp³-hybridized carbons (Fsp3) is 0.571. The number of benzene rings is 1. The first-order valence-corrected chi connectivity index (χ1v) is 8.14. The molecule has 20 heavy (non-hydrogen) atoms.